The number of benzene rings is 1. The molecule has 0 spiro atoms. The average Bonchev–Trinajstić information content (AvgIpc) is 3.11. The molecule has 154 valence electrons. The van der Waals surface area contributed by atoms with Gasteiger partial charge in [-0.15, -0.1) is 0 Å². The molecule has 1 N–H and O–H groups in total. The molecule has 1 aromatic carbocycles. The summed E-state index contributed by atoms with van der Waals surface area (Å²) in [5.41, 5.74) is -1.14. The molecule has 0 fully saturated rings. The number of alkyl halides is 6. The Kier molecular flexibility index (Phi) is 4.62. The van der Waals surface area contributed by atoms with Crippen LogP contribution in [0.1, 0.15) is 40.8 Å². The molecule has 11 heteroatoms. The highest BCUT2D eigenvalue weighted by molar-refractivity contribution is 5.54. The molecule has 0 unspecified atom stereocenters. The number of aromatic nitrogens is 4. The number of hydrogen-bond acceptors (Lipinski definition) is 4. The Bertz CT molecular complexity index is 1020. The maximum Gasteiger partial charge on any atom is 0.416 e. The van der Waals surface area contributed by atoms with E-state index in [-0.39, 0.29) is 18.2 Å². The predicted molar refractivity (Wildman–Crippen MR) is 91.2 cm³/mol. The lowest BCUT2D eigenvalue weighted by Gasteiger charge is -2.20. The topological polar surface area (TPSA) is 55.1 Å². The van der Waals surface area contributed by atoms with Crippen LogP contribution in [0.5, 0.6) is 0 Å². The number of nitrogens with one attached hydrogen (secondary N) is 1. The molecule has 1 aliphatic carbocycles. The zero-order chi connectivity index (χ0) is 20.8. The van der Waals surface area contributed by atoms with E-state index in [0.717, 1.165) is 30.5 Å². The van der Waals surface area contributed by atoms with Gasteiger partial charge in [0.25, 0.3) is 5.78 Å². The summed E-state index contributed by atoms with van der Waals surface area (Å²) in [6.45, 7) is -0.238. The van der Waals surface area contributed by atoms with Gasteiger partial charge < -0.3 is 5.32 Å². The Hall–Kier alpha value is -2.85. The highest BCUT2D eigenvalue weighted by Gasteiger charge is 2.36. The van der Waals surface area contributed by atoms with E-state index < -0.39 is 23.5 Å². The van der Waals surface area contributed by atoms with Gasteiger partial charge in [-0.2, -0.15) is 40.9 Å². The molecule has 0 saturated heterocycles. The number of halogens is 6. The molecule has 0 saturated carbocycles. The van der Waals surface area contributed by atoms with Crippen molar-refractivity contribution < 1.29 is 26.3 Å². The highest BCUT2D eigenvalue weighted by Crippen LogP contribution is 2.36. The smallest absolute Gasteiger partial charge is 0.366 e. The maximum atomic E-state index is 13.1. The Morgan fingerprint density at radius 3 is 2.24 bits per heavy atom. The zero-order valence-electron chi connectivity index (χ0n) is 14.9. The number of aryl methyl sites for hydroxylation is 1. The highest BCUT2D eigenvalue weighted by atomic mass is 19.4. The fraction of sp³-hybridized carbons (Fsp3) is 0.389. The van der Waals surface area contributed by atoms with Crippen molar-refractivity contribution in [2.24, 2.45) is 0 Å². The Morgan fingerprint density at radius 2 is 1.59 bits per heavy atom. The lowest BCUT2D eigenvalue weighted by molar-refractivity contribution is -0.143. The molecule has 29 heavy (non-hydrogen) atoms. The van der Waals surface area contributed by atoms with Crippen LogP contribution in [0.4, 0.5) is 32.2 Å². The first-order valence-corrected chi connectivity index (χ1v) is 8.86. The summed E-state index contributed by atoms with van der Waals surface area (Å²) in [6, 6.07) is 1.55. The van der Waals surface area contributed by atoms with Crippen LogP contribution in [0, 0.1) is 0 Å². The van der Waals surface area contributed by atoms with Crippen molar-refractivity contribution in [3.05, 3.63) is 52.5 Å². The SMILES string of the molecule is FC(F)(F)c1cc(CNc2c3c(nc4ncnn24)CCCC3)cc(C(F)(F)F)c1. The molecule has 0 bridgehead atoms. The third kappa shape index (κ3) is 3.85. The largest absolute Gasteiger partial charge is 0.416 e. The summed E-state index contributed by atoms with van der Waals surface area (Å²) in [6.07, 6.45) is -5.19. The number of fused-ring (bicyclic) bond motifs is 2. The molecule has 4 rings (SSSR count). The van der Waals surface area contributed by atoms with Crippen LogP contribution >= 0.6 is 0 Å². The molecule has 2 aromatic heterocycles. The van der Waals surface area contributed by atoms with E-state index in [2.05, 4.69) is 20.4 Å². The molecular weight excluding hydrogens is 400 g/mol. The number of anilines is 1. The zero-order valence-corrected chi connectivity index (χ0v) is 14.9. The number of rotatable bonds is 3. The van der Waals surface area contributed by atoms with Gasteiger partial charge in [-0.3, -0.25) is 0 Å². The average molecular weight is 415 g/mol. The lowest BCUT2D eigenvalue weighted by Crippen LogP contribution is -2.16. The molecule has 1 aliphatic rings. The van der Waals surface area contributed by atoms with Crippen molar-refractivity contribution in [1.82, 2.24) is 19.6 Å². The quantitative estimate of drug-likeness (QED) is 0.633. The first kappa shape index (κ1) is 19.5. The van der Waals surface area contributed by atoms with Crippen LogP contribution in [0.2, 0.25) is 0 Å². The van der Waals surface area contributed by atoms with Gasteiger partial charge in [0, 0.05) is 12.1 Å². The van der Waals surface area contributed by atoms with Crippen LogP contribution in [-0.2, 0) is 31.7 Å². The van der Waals surface area contributed by atoms with Crippen molar-refractivity contribution in [2.45, 2.75) is 44.6 Å². The van der Waals surface area contributed by atoms with Gasteiger partial charge in [-0.05, 0) is 49.4 Å². The Labute approximate surface area is 160 Å². The third-order valence-electron chi connectivity index (χ3n) is 4.81. The van der Waals surface area contributed by atoms with Gasteiger partial charge >= 0.3 is 12.4 Å². The van der Waals surface area contributed by atoms with Gasteiger partial charge in [0.05, 0.1) is 16.8 Å². The molecule has 5 nitrogen and oxygen atoms in total. The van der Waals surface area contributed by atoms with E-state index in [9.17, 15) is 26.3 Å². The van der Waals surface area contributed by atoms with Gasteiger partial charge in [0.2, 0.25) is 0 Å². The fourth-order valence-electron chi connectivity index (χ4n) is 3.47. The minimum absolute atomic E-state index is 0.118. The summed E-state index contributed by atoms with van der Waals surface area (Å²) < 4.78 is 79.9. The monoisotopic (exact) mass is 415 g/mol. The van der Waals surface area contributed by atoms with Crippen LogP contribution in [-0.4, -0.2) is 19.6 Å². The van der Waals surface area contributed by atoms with Crippen molar-refractivity contribution in [2.75, 3.05) is 5.32 Å². The van der Waals surface area contributed by atoms with Crippen molar-refractivity contribution in [3.63, 3.8) is 0 Å². The summed E-state index contributed by atoms with van der Waals surface area (Å²) >= 11 is 0. The first-order valence-electron chi connectivity index (χ1n) is 8.86. The van der Waals surface area contributed by atoms with Gasteiger partial charge in [-0.25, -0.2) is 4.98 Å². The van der Waals surface area contributed by atoms with E-state index in [0.29, 0.717) is 30.1 Å². The molecule has 0 aliphatic heterocycles. The van der Waals surface area contributed by atoms with E-state index >= 15 is 0 Å². The minimum Gasteiger partial charge on any atom is -0.366 e. The maximum absolute atomic E-state index is 13.1. The molecule has 0 amide bonds. The Balaban J connectivity index is 1.72. The van der Waals surface area contributed by atoms with Crippen LogP contribution in [0.3, 0.4) is 0 Å². The number of hydrogen-bond donors (Lipinski definition) is 1. The first-order chi connectivity index (χ1) is 13.6. The third-order valence-corrected chi connectivity index (χ3v) is 4.81. The van der Waals surface area contributed by atoms with Gasteiger partial charge in [0.1, 0.15) is 12.1 Å². The van der Waals surface area contributed by atoms with Crippen LogP contribution in [0.25, 0.3) is 5.78 Å². The second-order valence-electron chi connectivity index (χ2n) is 6.83. The fourth-order valence-corrected chi connectivity index (χ4v) is 3.47. The van der Waals surface area contributed by atoms with Crippen molar-refractivity contribution in [3.8, 4) is 0 Å². The summed E-state index contributed by atoms with van der Waals surface area (Å²) in [5, 5.41) is 7.03. The molecule has 0 atom stereocenters. The van der Waals surface area contributed by atoms with Crippen molar-refractivity contribution >= 4 is 11.6 Å². The van der Waals surface area contributed by atoms with Gasteiger partial charge in [0.15, 0.2) is 0 Å². The molecular formula is C18H15F6N5. The summed E-state index contributed by atoms with van der Waals surface area (Å²) in [4.78, 5) is 8.47. The van der Waals surface area contributed by atoms with E-state index in [1.54, 1.807) is 0 Å². The molecule has 3 aromatic rings. The minimum atomic E-state index is -4.88. The van der Waals surface area contributed by atoms with E-state index in [1.807, 2.05) is 0 Å². The van der Waals surface area contributed by atoms with E-state index in [4.69, 9.17) is 0 Å². The van der Waals surface area contributed by atoms with Crippen molar-refractivity contribution in [1.29, 1.82) is 0 Å². The second-order valence-corrected chi connectivity index (χ2v) is 6.83. The predicted octanol–water partition coefficient (Wildman–Crippen LogP) is 4.65. The standard InChI is InChI=1S/C18H15F6N5/c19-17(20,21)11-5-10(6-12(7-11)18(22,23)24)8-25-15-13-3-1-2-4-14(13)28-16-26-9-27-29(15)16/h5-7,9,25H,1-4,8H2. The second kappa shape index (κ2) is 6.89. The molecule has 0 radical (unpaired) electrons. The van der Waals surface area contributed by atoms with Crippen LogP contribution in [0.15, 0.2) is 24.5 Å². The summed E-state index contributed by atoms with van der Waals surface area (Å²) in [7, 11) is 0. The van der Waals surface area contributed by atoms with E-state index in [1.165, 1.54) is 10.8 Å². The normalized spacial score (nSPS) is 14.8. The number of nitrogens with zero attached hydrogens (tertiary/aromatic N) is 4. The van der Waals surface area contributed by atoms with Crippen LogP contribution < -0.4 is 5.32 Å². The summed E-state index contributed by atoms with van der Waals surface area (Å²) in [5.74, 6) is 0.821. The molecule has 2 heterocycles. The Morgan fingerprint density at radius 1 is 0.931 bits per heavy atom. The van der Waals surface area contributed by atoms with Gasteiger partial charge in [-0.1, -0.05) is 0 Å². The lowest BCUT2D eigenvalue weighted by atomic mass is 9.96.